The Morgan fingerprint density at radius 1 is 1.17 bits per heavy atom. The fourth-order valence-electron chi connectivity index (χ4n) is 1.84. The summed E-state index contributed by atoms with van der Waals surface area (Å²) in [6.45, 7) is 3.87. The molecule has 5 nitrogen and oxygen atoms in total. The molecule has 1 aromatic rings. The number of rotatable bonds is 5. The first-order valence-electron chi connectivity index (χ1n) is 5.48. The maximum atomic E-state index is 12.0. The van der Waals surface area contributed by atoms with Crippen molar-refractivity contribution in [3.05, 3.63) is 48.2 Å². The molecule has 0 radical (unpaired) electrons. The molecule has 0 atom stereocenters. The van der Waals surface area contributed by atoms with Crippen LogP contribution >= 0.6 is 0 Å². The lowest BCUT2D eigenvalue weighted by Gasteiger charge is -2.17. The van der Waals surface area contributed by atoms with Crippen LogP contribution < -0.4 is 0 Å². The number of benzene rings is 1. The van der Waals surface area contributed by atoms with E-state index < -0.39 is 0 Å². The van der Waals surface area contributed by atoms with Gasteiger partial charge in [0.05, 0.1) is 11.1 Å². The zero-order chi connectivity index (χ0) is 13.1. The van der Waals surface area contributed by atoms with Crippen molar-refractivity contribution in [3.63, 3.8) is 0 Å². The maximum absolute atomic E-state index is 12.0. The molecule has 18 heavy (non-hydrogen) atoms. The molecule has 0 bridgehead atoms. The van der Waals surface area contributed by atoms with Gasteiger partial charge in [-0.05, 0) is 18.3 Å². The maximum Gasteiger partial charge on any atom is 0.261 e. The van der Waals surface area contributed by atoms with Gasteiger partial charge in [0.15, 0.2) is 0 Å². The molecule has 3 amide bonds. The molecule has 1 aliphatic rings. The van der Waals surface area contributed by atoms with E-state index in [1.807, 2.05) is 0 Å². The Balaban J connectivity index is 2.14. The Hall–Kier alpha value is -2.43. The van der Waals surface area contributed by atoms with E-state index in [4.69, 9.17) is 0 Å². The Bertz CT molecular complexity index is 482. The van der Waals surface area contributed by atoms with Crippen molar-refractivity contribution in [3.8, 4) is 0 Å². The van der Waals surface area contributed by atoms with Gasteiger partial charge in [-0.15, -0.1) is 0 Å². The second-order valence-electron chi connectivity index (χ2n) is 3.83. The number of nitrogens with zero attached hydrogens (tertiary/aromatic N) is 2. The highest BCUT2D eigenvalue weighted by Crippen LogP contribution is 2.21. The van der Waals surface area contributed by atoms with Crippen LogP contribution in [0.4, 0.5) is 0 Å². The molecule has 0 aromatic heterocycles. The molecule has 5 heteroatoms. The van der Waals surface area contributed by atoms with Crippen molar-refractivity contribution in [2.45, 2.75) is 0 Å². The molecule has 0 N–H and O–H groups in total. The van der Waals surface area contributed by atoms with Crippen molar-refractivity contribution in [1.82, 2.24) is 9.80 Å². The average Bonchev–Trinajstić information content (AvgIpc) is 2.65. The van der Waals surface area contributed by atoms with Gasteiger partial charge in [0.1, 0.15) is 0 Å². The minimum Gasteiger partial charge on any atom is -0.320 e. The van der Waals surface area contributed by atoms with E-state index in [1.165, 1.54) is 11.1 Å². The summed E-state index contributed by atoms with van der Waals surface area (Å²) in [5.41, 5.74) is 0.831. The van der Waals surface area contributed by atoms with E-state index in [0.717, 1.165) is 4.90 Å². The molecule has 0 spiro atoms. The first-order valence-corrected chi connectivity index (χ1v) is 5.48. The highest BCUT2D eigenvalue weighted by Gasteiger charge is 2.34. The van der Waals surface area contributed by atoms with Crippen LogP contribution in [0, 0.1) is 0 Å². The molecule has 0 unspecified atom stereocenters. The van der Waals surface area contributed by atoms with Gasteiger partial charge in [0.2, 0.25) is 6.41 Å². The van der Waals surface area contributed by atoms with Gasteiger partial charge in [-0.2, -0.15) is 0 Å². The van der Waals surface area contributed by atoms with Gasteiger partial charge in [-0.3, -0.25) is 19.3 Å². The lowest BCUT2D eigenvalue weighted by Crippen LogP contribution is -2.36. The molecular formula is C13H12N2O3. The van der Waals surface area contributed by atoms with E-state index in [0.29, 0.717) is 17.5 Å². The van der Waals surface area contributed by atoms with Crippen LogP contribution in [0.15, 0.2) is 37.0 Å². The largest absolute Gasteiger partial charge is 0.320 e. The molecule has 1 aliphatic heterocycles. The summed E-state index contributed by atoms with van der Waals surface area (Å²) in [4.78, 5) is 37.0. The van der Waals surface area contributed by atoms with Gasteiger partial charge >= 0.3 is 0 Å². The predicted molar refractivity (Wildman–Crippen MR) is 64.8 cm³/mol. The fraction of sp³-hybridized carbons (Fsp3) is 0.154. The van der Waals surface area contributed by atoms with E-state index in [1.54, 1.807) is 24.3 Å². The average molecular weight is 244 g/mol. The number of carbonyl (C=O) groups is 3. The second-order valence-corrected chi connectivity index (χ2v) is 3.83. The summed E-state index contributed by atoms with van der Waals surface area (Å²) < 4.78 is 0. The summed E-state index contributed by atoms with van der Waals surface area (Å²) in [6.07, 6.45) is 1.95. The summed E-state index contributed by atoms with van der Waals surface area (Å²) in [5, 5.41) is 0. The second kappa shape index (κ2) is 4.83. The molecule has 92 valence electrons. The van der Waals surface area contributed by atoms with E-state index in [9.17, 15) is 14.4 Å². The molecule has 0 saturated carbocycles. The van der Waals surface area contributed by atoms with Gasteiger partial charge in [0.25, 0.3) is 11.8 Å². The van der Waals surface area contributed by atoms with Crippen LogP contribution in [0.3, 0.4) is 0 Å². The number of imide groups is 1. The summed E-state index contributed by atoms with van der Waals surface area (Å²) in [7, 11) is 0. The molecule has 1 aromatic carbocycles. The van der Waals surface area contributed by atoms with Gasteiger partial charge < -0.3 is 4.90 Å². The van der Waals surface area contributed by atoms with Crippen LogP contribution in [-0.4, -0.2) is 41.1 Å². The van der Waals surface area contributed by atoms with Crippen molar-refractivity contribution in [2.75, 3.05) is 13.1 Å². The third kappa shape index (κ3) is 1.90. The quantitative estimate of drug-likeness (QED) is 0.570. The van der Waals surface area contributed by atoms with Crippen LogP contribution in [-0.2, 0) is 4.79 Å². The normalized spacial score (nSPS) is 13.4. The van der Waals surface area contributed by atoms with Crippen LogP contribution in [0.5, 0.6) is 0 Å². The lowest BCUT2D eigenvalue weighted by atomic mass is 10.1. The molecule has 1 heterocycles. The van der Waals surface area contributed by atoms with Crippen LogP contribution in [0.25, 0.3) is 0 Å². The smallest absolute Gasteiger partial charge is 0.261 e. The number of fused-ring (bicyclic) bond motifs is 1. The minimum atomic E-state index is -0.314. The lowest BCUT2D eigenvalue weighted by molar-refractivity contribution is -0.116. The van der Waals surface area contributed by atoms with E-state index in [-0.39, 0.29) is 24.9 Å². The Morgan fingerprint density at radius 3 is 2.17 bits per heavy atom. The molecule has 2 rings (SSSR count). The van der Waals surface area contributed by atoms with E-state index >= 15 is 0 Å². The SMILES string of the molecule is C=CN(C=O)CCN1C(=O)c2ccccc2C1=O. The van der Waals surface area contributed by atoms with Crippen LogP contribution in [0.1, 0.15) is 20.7 Å². The van der Waals surface area contributed by atoms with Crippen LogP contribution in [0.2, 0.25) is 0 Å². The third-order valence-corrected chi connectivity index (χ3v) is 2.83. The molecular weight excluding hydrogens is 232 g/mol. The van der Waals surface area contributed by atoms with Gasteiger partial charge in [0, 0.05) is 13.1 Å². The Labute approximate surface area is 104 Å². The standard InChI is InChI=1S/C13H12N2O3/c1-2-14(9-16)7-8-15-12(17)10-5-3-4-6-11(10)13(15)18/h2-6,9H,1,7-8H2. The Kier molecular flexibility index (Phi) is 3.23. The predicted octanol–water partition coefficient (Wildman–Crippen LogP) is 0.884. The number of hydrogen-bond donors (Lipinski definition) is 0. The summed E-state index contributed by atoms with van der Waals surface area (Å²) in [6, 6.07) is 6.69. The number of amides is 3. The zero-order valence-electron chi connectivity index (χ0n) is 9.70. The van der Waals surface area contributed by atoms with Crippen molar-refractivity contribution in [1.29, 1.82) is 0 Å². The minimum absolute atomic E-state index is 0.164. The zero-order valence-corrected chi connectivity index (χ0v) is 9.70. The summed E-state index contributed by atoms with van der Waals surface area (Å²) >= 11 is 0. The fourth-order valence-corrected chi connectivity index (χ4v) is 1.84. The highest BCUT2D eigenvalue weighted by atomic mass is 16.2. The van der Waals surface area contributed by atoms with Gasteiger partial charge in [-0.25, -0.2) is 0 Å². The molecule has 0 aliphatic carbocycles. The number of hydrogen-bond acceptors (Lipinski definition) is 3. The van der Waals surface area contributed by atoms with Gasteiger partial charge in [-0.1, -0.05) is 18.7 Å². The number of carbonyl (C=O) groups excluding carboxylic acids is 3. The highest BCUT2D eigenvalue weighted by molar-refractivity contribution is 6.21. The third-order valence-electron chi connectivity index (χ3n) is 2.83. The first-order chi connectivity index (χ1) is 8.69. The monoisotopic (exact) mass is 244 g/mol. The first kappa shape index (κ1) is 12.0. The van der Waals surface area contributed by atoms with Crippen molar-refractivity contribution >= 4 is 18.2 Å². The molecule has 0 saturated heterocycles. The summed E-state index contributed by atoms with van der Waals surface area (Å²) in [5.74, 6) is -0.629. The Morgan fingerprint density at radius 2 is 1.72 bits per heavy atom. The van der Waals surface area contributed by atoms with Crippen molar-refractivity contribution < 1.29 is 14.4 Å². The van der Waals surface area contributed by atoms with E-state index in [2.05, 4.69) is 6.58 Å². The topological polar surface area (TPSA) is 57.7 Å². The van der Waals surface area contributed by atoms with Crippen molar-refractivity contribution in [2.24, 2.45) is 0 Å². The molecule has 0 fully saturated rings.